The van der Waals surface area contributed by atoms with Gasteiger partial charge >= 0.3 is 0 Å². The summed E-state index contributed by atoms with van der Waals surface area (Å²) in [6.07, 6.45) is 0. The van der Waals surface area contributed by atoms with E-state index in [1.54, 1.807) is 0 Å². The number of nitrogens with zero attached hydrogens (tertiary/aromatic N) is 2. The maximum atomic E-state index is 2.39. The Morgan fingerprint density at radius 1 is 0.283 bits per heavy atom. The Labute approximate surface area is 350 Å². The number of hydrogen-bond donors (Lipinski definition) is 0. The predicted molar refractivity (Wildman–Crippen MR) is 255 cm³/mol. The quantitative estimate of drug-likeness (QED) is 0.150. The Hall–Kier alpha value is -7.94. The van der Waals surface area contributed by atoms with E-state index in [4.69, 9.17) is 0 Å². The number of rotatable bonds is 8. The fraction of sp³-hybridized carbons (Fsp3) is 0. The molecule has 0 bridgehead atoms. The molecule has 11 aromatic rings. The molecule has 0 aliphatic heterocycles. The van der Waals surface area contributed by atoms with E-state index in [-0.39, 0.29) is 0 Å². The molecule has 0 saturated carbocycles. The lowest BCUT2D eigenvalue weighted by Gasteiger charge is -2.26. The molecule has 10 aromatic carbocycles. The van der Waals surface area contributed by atoms with Crippen molar-refractivity contribution in [1.29, 1.82) is 0 Å². The lowest BCUT2D eigenvalue weighted by molar-refractivity contribution is 1.18. The van der Waals surface area contributed by atoms with Crippen LogP contribution in [-0.2, 0) is 0 Å². The fourth-order valence-electron chi connectivity index (χ4n) is 8.93. The van der Waals surface area contributed by atoms with Crippen molar-refractivity contribution in [2.45, 2.75) is 0 Å². The van der Waals surface area contributed by atoms with E-state index >= 15 is 0 Å². The predicted octanol–water partition coefficient (Wildman–Crippen LogP) is 16.1. The van der Waals surface area contributed by atoms with Crippen LogP contribution in [0.25, 0.3) is 82.8 Å². The molecule has 60 heavy (non-hydrogen) atoms. The Balaban J connectivity index is 1.04. The molecular weight excluding hydrogens is 725 g/mol. The molecule has 1 heterocycles. The summed E-state index contributed by atoms with van der Waals surface area (Å²) in [5, 5.41) is 4.99. The molecular formula is C58H40N2. The summed E-state index contributed by atoms with van der Waals surface area (Å²) in [5.74, 6) is 0. The van der Waals surface area contributed by atoms with Gasteiger partial charge in [0.2, 0.25) is 0 Å². The average molecular weight is 765 g/mol. The smallest absolute Gasteiger partial charge is 0.0547 e. The summed E-state index contributed by atoms with van der Waals surface area (Å²) in [6, 6.07) is 87.8. The highest BCUT2D eigenvalue weighted by Gasteiger charge is 2.19. The largest absolute Gasteiger partial charge is 0.310 e. The van der Waals surface area contributed by atoms with E-state index < -0.39 is 0 Å². The van der Waals surface area contributed by atoms with Crippen molar-refractivity contribution in [2.75, 3.05) is 4.90 Å². The molecule has 0 unspecified atom stereocenters. The highest BCUT2D eigenvalue weighted by atomic mass is 15.1. The summed E-state index contributed by atoms with van der Waals surface area (Å²) in [7, 11) is 0. The molecule has 0 amide bonds. The van der Waals surface area contributed by atoms with Crippen molar-refractivity contribution in [3.8, 4) is 50.2 Å². The van der Waals surface area contributed by atoms with Gasteiger partial charge in [-0.2, -0.15) is 0 Å². The Bertz CT molecular complexity index is 3290. The van der Waals surface area contributed by atoms with Crippen LogP contribution in [-0.4, -0.2) is 4.57 Å². The third kappa shape index (κ3) is 6.32. The number of aromatic nitrogens is 1. The van der Waals surface area contributed by atoms with Gasteiger partial charge in [-0.25, -0.2) is 0 Å². The van der Waals surface area contributed by atoms with Crippen LogP contribution in [0.3, 0.4) is 0 Å². The number of anilines is 3. The Morgan fingerprint density at radius 2 is 0.817 bits per heavy atom. The van der Waals surface area contributed by atoms with Gasteiger partial charge < -0.3 is 9.47 Å². The van der Waals surface area contributed by atoms with Gasteiger partial charge in [0.1, 0.15) is 0 Å². The van der Waals surface area contributed by atoms with Gasteiger partial charge in [-0.3, -0.25) is 0 Å². The van der Waals surface area contributed by atoms with E-state index in [0.717, 1.165) is 28.3 Å². The number of benzene rings is 10. The summed E-state index contributed by atoms with van der Waals surface area (Å²) < 4.78 is 2.39. The molecule has 0 saturated heterocycles. The first-order valence-electron chi connectivity index (χ1n) is 20.6. The van der Waals surface area contributed by atoms with Crippen molar-refractivity contribution < 1.29 is 0 Å². The van der Waals surface area contributed by atoms with Crippen molar-refractivity contribution in [1.82, 2.24) is 4.57 Å². The standard InChI is InChI=1S/C58H40N2/c1-3-15-41(16-4-1)43-31-35-49(36-32-43)59(50-37-33-44(34-38-50)46-30-29-42-17-7-8-18-45(42)39-46)51-22-13-19-47(40-51)52-23-9-10-24-53(52)54-26-14-28-57-58(54)55-25-11-12-27-56(55)60(57)48-20-5-2-6-21-48/h1-40H. The minimum Gasteiger partial charge on any atom is -0.310 e. The number of fused-ring (bicyclic) bond motifs is 4. The van der Waals surface area contributed by atoms with E-state index in [1.165, 1.54) is 71.5 Å². The van der Waals surface area contributed by atoms with Gasteiger partial charge in [-0.1, -0.05) is 176 Å². The van der Waals surface area contributed by atoms with Crippen LogP contribution in [0, 0.1) is 0 Å². The first-order valence-corrected chi connectivity index (χ1v) is 20.6. The van der Waals surface area contributed by atoms with Gasteiger partial charge in [0.25, 0.3) is 0 Å². The maximum Gasteiger partial charge on any atom is 0.0547 e. The Kier molecular flexibility index (Phi) is 8.87. The molecule has 11 rings (SSSR count). The maximum absolute atomic E-state index is 2.39. The molecule has 2 nitrogen and oxygen atoms in total. The summed E-state index contributed by atoms with van der Waals surface area (Å²) in [6.45, 7) is 0. The second-order valence-electron chi connectivity index (χ2n) is 15.3. The molecule has 0 atom stereocenters. The zero-order valence-electron chi connectivity index (χ0n) is 33.0. The van der Waals surface area contributed by atoms with E-state index in [2.05, 4.69) is 252 Å². The highest BCUT2D eigenvalue weighted by molar-refractivity contribution is 6.16. The molecule has 0 spiro atoms. The van der Waals surface area contributed by atoms with Gasteiger partial charge in [-0.05, 0) is 122 Å². The summed E-state index contributed by atoms with van der Waals surface area (Å²) in [5.41, 5.74) is 16.4. The second-order valence-corrected chi connectivity index (χ2v) is 15.3. The van der Waals surface area contributed by atoms with Crippen LogP contribution in [0.5, 0.6) is 0 Å². The zero-order chi connectivity index (χ0) is 39.8. The van der Waals surface area contributed by atoms with Crippen LogP contribution in [0.15, 0.2) is 243 Å². The SMILES string of the molecule is c1ccc(-c2ccc(N(c3ccc(-c4ccc5ccccc5c4)cc3)c3cccc(-c4ccccc4-c4cccc5c4c4ccccc4n5-c4ccccc4)c3)cc2)cc1. The summed E-state index contributed by atoms with van der Waals surface area (Å²) in [4.78, 5) is 2.37. The minimum atomic E-state index is 1.09. The van der Waals surface area contributed by atoms with E-state index in [0.29, 0.717) is 0 Å². The second kappa shape index (κ2) is 15.1. The topological polar surface area (TPSA) is 8.17 Å². The molecule has 1 aromatic heterocycles. The lowest BCUT2D eigenvalue weighted by atomic mass is 9.91. The van der Waals surface area contributed by atoms with Crippen molar-refractivity contribution >= 4 is 49.6 Å². The van der Waals surface area contributed by atoms with Gasteiger partial charge in [0.15, 0.2) is 0 Å². The van der Waals surface area contributed by atoms with Gasteiger partial charge in [-0.15, -0.1) is 0 Å². The first kappa shape index (κ1) is 35.2. The minimum absolute atomic E-state index is 1.09. The van der Waals surface area contributed by atoms with E-state index in [1.807, 2.05) is 0 Å². The van der Waals surface area contributed by atoms with Crippen molar-refractivity contribution in [3.05, 3.63) is 243 Å². The monoisotopic (exact) mass is 764 g/mol. The molecule has 0 radical (unpaired) electrons. The first-order chi connectivity index (χ1) is 29.8. The average Bonchev–Trinajstić information content (AvgIpc) is 3.67. The third-order valence-corrected chi connectivity index (χ3v) is 11.8. The molecule has 0 fully saturated rings. The van der Waals surface area contributed by atoms with Crippen molar-refractivity contribution in [3.63, 3.8) is 0 Å². The van der Waals surface area contributed by atoms with Gasteiger partial charge in [0, 0.05) is 33.5 Å². The molecule has 0 aliphatic rings. The van der Waals surface area contributed by atoms with Crippen LogP contribution >= 0.6 is 0 Å². The van der Waals surface area contributed by atoms with Crippen molar-refractivity contribution in [2.24, 2.45) is 0 Å². The third-order valence-electron chi connectivity index (χ3n) is 11.8. The fourth-order valence-corrected chi connectivity index (χ4v) is 8.93. The van der Waals surface area contributed by atoms with Crippen LogP contribution in [0.1, 0.15) is 0 Å². The van der Waals surface area contributed by atoms with Crippen LogP contribution < -0.4 is 4.90 Å². The molecule has 0 N–H and O–H groups in total. The van der Waals surface area contributed by atoms with Crippen LogP contribution in [0.2, 0.25) is 0 Å². The molecule has 0 aliphatic carbocycles. The molecule has 282 valence electrons. The number of hydrogen-bond acceptors (Lipinski definition) is 1. The normalized spacial score (nSPS) is 11.3. The molecule has 2 heteroatoms. The Morgan fingerprint density at radius 3 is 1.58 bits per heavy atom. The number of para-hydroxylation sites is 2. The highest BCUT2D eigenvalue weighted by Crippen LogP contribution is 2.44. The lowest BCUT2D eigenvalue weighted by Crippen LogP contribution is -2.10. The zero-order valence-corrected chi connectivity index (χ0v) is 33.0. The summed E-state index contributed by atoms with van der Waals surface area (Å²) >= 11 is 0. The van der Waals surface area contributed by atoms with Crippen LogP contribution in [0.4, 0.5) is 17.1 Å². The van der Waals surface area contributed by atoms with E-state index in [9.17, 15) is 0 Å². The van der Waals surface area contributed by atoms with Gasteiger partial charge in [0.05, 0.1) is 11.0 Å².